The van der Waals surface area contributed by atoms with Gasteiger partial charge in [0, 0.05) is 58.5 Å². The molecule has 2 heterocycles. The fourth-order valence-corrected chi connectivity index (χ4v) is 5.76. The number of amides is 1. The van der Waals surface area contributed by atoms with Gasteiger partial charge >= 0.3 is 6.03 Å². The van der Waals surface area contributed by atoms with E-state index in [0.717, 1.165) is 22.0 Å². The summed E-state index contributed by atoms with van der Waals surface area (Å²) in [5.41, 5.74) is -0.256. The second-order valence-electron chi connectivity index (χ2n) is 9.90. The van der Waals surface area contributed by atoms with Gasteiger partial charge in [0.25, 0.3) is 0 Å². The number of fused-ring (bicyclic) bond motifs is 1. The number of rotatable bonds is 9. The van der Waals surface area contributed by atoms with E-state index in [4.69, 9.17) is 9.72 Å². The van der Waals surface area contributed by atoms with E-state index < -0.39 is 23.2 Å². The molecule has 216 valence electrons. The van der Waals surface area contributed by atoms with Crippen molar-refractivity contribution in [3.05, 3.63) is 124 Å². The molecule has 7 nitrogen and oxygen atoms in total. The summed E-state index contributed by atoms with van der Waals surface area (Å²) in [6, 6.07) is 19.4. The lowest BCUT2D eigenvalue weighted by Crippen LogP contribution is -2.42. The standard InChI is InChI=1S/C32H29BrF2N4O3/c1-3-38(31(40)39-16-14-36-20-39)15-13-32(41,26-11-10-24(34)19-27(26)35)29(21-7-5-4-6-8-21)25-18-22-17-23(33)9-12-28(22)37-30(25)42-2/h4-12,14,16-20,29,41H,3,13,15H2,1-2H3. The minimum Gasteiger partial charge on any atom is -0.481 e. The van der Waals surface area contributed by atoms with Crippen molar-refractivity contribution < 1.29 is 23.4 Å². The number of benzene rings is 3. The van der Waals surface area contributed by atoms with Crippen LogP contribution in [-0.4, -0.2) is 50.8 Å². The lowest BCUT2D eigenvalue weighted by molar-refractivity contribution is 0.000433. The normalized spacial score (nSPS) is 13.5. The predicted molar refractivity (Wildman–Crippen MR) is 159 cm³/mol. The zero-order chi connectivity index (χ0) is 29.9. The van der Waals surface area contributed by atoms with Crippen molar-refractivity contribution in [2.45, 2.75) is 24.9 Å². The Hall–Kier alpha value is -4.15. The van der Waals surface area contributed by atoms with Crippen molar-refractivity contribution in [3.8, 4) is 5.88 Å². The Balaban J connectivity index is 1.72. The molecule has 0 saturated heterocycles. The lowest BCUT2D eigenvalue weighted by atomic mass is 9.71. The second kappa shape index (κ2) is 12.4. The molecule has 0 saturated carbocycles. The fraction of sp³-hybridized carbons (Fsp3) is 0.219. The van der Waals surface area contributed by atoms with E-state index in [1.807, 2.05) is 61.5 Å². The summed E-state index contributed by atoms with van der Waals surface area (Å²) in [4.78, 5) is 23.4. The second-order valence-corrected chi connectivity index (χ2v) is 10.8. The number of aromatic nitrogens is 3. The maximum absolute atomic E-state index is 15.7. The van der Waals surface area contributed by atoms with Crippen LogP contribution in [0.25, 0.3) is 10.9 Å². The molecule has 42 heavy (non-hydrogen) atoms. The van der Waals surface area contributed by atoms with E-state index in [2.05, 4.69) is 20.9 Å². The van der Waals surface area contributed by atoms with E-state index in [1.165, 1.54) is 41.4 Å². The molecule has 1 N–H and O–H groups in total. The van der Waals surface area contributed by atoms with E-state index in [-0.39, 0.29) is 30.4 Å². The molecular formula is C32H29BrF2N4O3. The molecule has 0 aliphatic heterocycles. The number of hydrogen-bond acceptors (Lipinski definition) is 5. The summed E-state index contributed by atoms with van der Waals surface area (Å²) in [5, 5.41) is 13.6. The van der Waals surface area contributed by atoms with E-state index in [0.29, 0.717) is 23.2 Å². The van der Waals surface area contributed by atoms with Gasteiger partial charge in [-0.25, -0.2) is 23.5 Å². The molecule has 5 rings (SSSR count). The zero-order valence-corrected chi connectivity index (χ0v) is 24.6. The fourth-order valence-electron chi connectivity index (χ4n) is 5.38. The Labute approximate surface area is 250 Å². The molecule has 0 bridgehead atoms. The van der Waals surface area contributed by atoms with Crippen LogP contribution in [0.5, 0.6) is 5.88 Å². The molecular weight excluding hydrogens is 606 g/mol. The van der Waals surface area contributed by atoms with Gasteiger partial charge in [0.1, 0.15) is 23.6 Å². The van der Waals surface area contributed by atoms with Crippen LogP contribution in [-0.2, 0) is 5.60 Å². The van der Waals surface area contributed by atoms with Crippen LogP contribution in [0.2, 0.25) is 0 Å². The smallest absolute Gasteiger partial charge is 0.329 e. The van der Waals surface area contributed by atoms with Gasteiger partial charge in [-0.15, -0.1) is 0 Å². The molecule has 2 atom stereocenters. The van der Waals surface area contributed by atoms with Crippen LogP contribution in [0.15, 0.2) is 96.0 Å². The number of ether oxygens (including phenoxy) is 1. The van der Waals surface area contributed by atoms with Gasteiger partial charge in [0.2, 0.25) is 5.88 Å². The molecule has 0 radical (unpaired) electrons. The molecule has 2 unspecified atom stereocenters. The van der Waals surface area contributed by atoms with Crippen LogP contribution in [0, 0.1) is 11.6 Å². The Bertz CT molecular complexity index is 1700. The SMILES string of the molecule is CCN(CCC(O)(c1ccc(F)cc1F)C(c1ccccc1)c1cc2cc(Br)ccc2nc1OC)C(=O)n1ccnc1. The van der Waals surface area contributed by atoms with Crippen molar-refractivity contribution >= 4 is 32.9 Å². The number of imidazole rings is 1. The predicted octanol–water partition coefficient (Wildman–Crippen LogP) is 6.88. The Kier molecular flexibility index (Phi) is 8.65. The number of carbonyl (C=O) groups excluding carboxylic acids is 1. The molecule has 10 heteroatoms. The van der Waals surface area contributed by atoms with Gasteiger partial charge in [-0.05, 0) is 49.2 Å². The van der Waals surface area contributed by atoms with Gasteiger partial charge < -0.3 is 14.7 Å². The molecule has 0 fully saturated rings. The van der Waals surface area contributed by atoms with Gasteiger partial charge in [-0.2, -0.15) is 0 Å². The summed E-state index contributed by atoms with van der Waals surface area (Å²) in [6.07, 6.45) is 4.34. The van der Waals surface area contributed by atoms with Gasteiger partial charge in [0.15, 0.2) is 0 Å². The first-order chi connectivity index (χ1) is 20.2. The monoisotopic (exact) mass is 634 g/mol. The van der Waals surface area contributed by atoms with Crippen molar-refractivity contribution in [2.75, 3.05) is 20.2 Å². The largest absolute Gasteiger partial charge is 0.481 e. The van der Waals surface area contributed by atoms with Gasteiger partial charge in [-0.3, -0.25) is 4.57 Å². The number of pyridine rings is 1. The lowest BCUT2D eigenvalue weighted by Gasteiger charge is -2.39. The molecule has 5 aromatic rings. The van der Waals surface area contributed by atoms with E-state index in [9.17, 15) is 14.3 Å². The Morgan fingerprint density at radius 1 is 1.12 bits per heavy atom. The van der Waals surface area contributed by atoms with Crippen molar-refractivity contribution in [2.24, 2.45) is 0 Å². The maximum Gasteiger partial charge on any atom is 0.329 e. The number of hydrogen-bond donors (Lipinski definition) is 1. The first-order valence-electron chi connectivity index (χ1n) is 13.4. The molecule has 0 aliphatic carbocycles. The van der Waals surface area contributed by atoms with Crippen LogP contribution in [0.4, 0.5) is 13.6 Å². The molecule has 0 aliphatic rings. The average Bonchev–Trinajstić information content (AvgIpc) is 3.53. The number of nitrogens with zero attached hydrogens (tertiary/aromatic N) is 4. The number of halogens is 3. The highest BCUT2D eigenvalue weighted by Crippen LogP contribution is 2.48. The summed E-state index contributed by atoms with van der Waals surface area (Å²) in [5.74, 6) is -2.35. The molecule has 2 aromatic heterocycles. The first kappa shape index (κ1) is 29.3. The number of carbonyl (C=O) groups is 1. The third-order valence-corrected chi connectivity index (χ3v) is 7.92. The Morgan fingerprint density at radius 2 is 1.90 bits per heavy atom. The van der Waals surface area contributed by atoms with Gasteiger partial charge in [-0.1, -0.05) is 52.3 Å². The zero-order valence-electron chi connectivity index (χ0n) is 23.0. The third-order valence-electron chi connectivity index (χ3n) is 7.42. The minimum absolute atomic E-state index is 0.0546. The highest BCUT2D eigenvalue weighted by Gasteiger charge is 2.44. The number of aliphatic hydroxyl groups is 1. The third kappa shape index (κ3) is 5.77. The van der Waals surface area contributed by atoms with Crippen molar-refractivity contribution in [1.82, 2.24) is 19.4 Å². The van der Waals surface area contributed by atoms with Crippen LogP contribution >= 0.6 is 15.9 Å². The minimum atomic E-state index is -1.98. The van der Waals surface area contributed by atoms with Crippen molar-refractivity contribution in [3.63, 3.8) is 0 Å². The maximum atomic E-state index is 15.7. The quantitative estimate of drug-likeness (QED) is 0.191. The summed E-state index contributed by atoms with van der Waals surface area (Å²) in [7, 11) is 1.48. The van der Waals surface area contributed by atoms with Gasteiger partial charge in [0.05, 0.1) is 12.6 Å². The van der Waals surface area contributed by atoms with Crippen molar-refractivity contribution in [1.29, 1.82) is 0 Å². The molecule has 3 aromatic carbocycles. The highest BCUT2D eigenvalue weighted by molar-refractivity contribution is 9.10. The van der Waals surface area contributed by atoms with Crippen LogP contribution in [0.1, 0.15) is 36.0 Å². The van der Waals surface area contributed by atoms with Crippen LogP contribution in [0.3, 0.4) is 0 Å². The summed E-state index contributed by atoms with van der Waals surface area (Å²) in [6.45, 7) is 2.19. The summed E-state index contributed by atoms with van der Waals surface area (Å²) < 4.78 is 37.7. The first-order valence-corrected chi connectivity index (χ1v) is 14.2. The molecule has 1 amide bonds. The summed E-state index contributed by atoms with van der Waals surface area (Å²) >= 11 is 3.51. The number of methoxy groups -OCH3 is 1. The van der Waals surface area contributed by atoms with Crippen LogP contribution < -0.4 is 4.74 Å². The van der Waals surface area contributed by atoms with E-state index >= 15 is 4.39 Å². The van der Waals surface area contributed by atoms with E-state index in [1.54, 1.807) is 0 Å². The topological polar surface area (TPSA) is 80.5 Å². The molecule has 0 spiro atoms. The average molecular weight is 636 g/mol. The highest BCUT2D eigenvalue weighted by atomic mass is 79.9. The Morgan fingerprint density at radius 3 is 2.57 bits per heavy atom.